The highest BCUT2D eigenvalue weighted by molar-refractivity contribution is 5.95. The number of nitrogens with one attached hydrogen (secondary N) is 2. The van der Waals surface area contributed by atoms with Crippen LogP contribution in [0.25, 0.3) is 0 Å². The summed E-state index contributed by atoms with van der Waals surface area (Å²) in [7, 11) is 0. The molecule has 2 heterocycles. The zero-order valence-electron chi connectivity index (χ0n) is 15.8. The summed E-state index contributed by atoms with van der Waals surface area (Å²) in [5, 5.41) is 6.27. The van der Waals surface area contributed by atoms with E-state index in [1.807, 2.05) is 50.2 Å². The van der Waals surface area contributed by atoms with Crippen molar-refractivity contribution >= 4 is 17.5 Å². The molecule has 142 valence electrons. The third-order valence-corrected chi connectivity index (χ3v) is 4.63. The van der Waals surface area contributed by atoms with Crippen molar-refractivity contribution in [3.8, 4) is 5.75 Å². The van der Waals surface area contributed by atoms with Gasteiger partial charge in [-0.15, -0.1) is 0 Å². The van der Waals surface area contributed by atoms with Crippen molar-refractivity contribution < 1.29 is 9.53 Å². The molecular weight excluding hydrogens is 352 g/mol. The molecule has 1 amide bonds. The number of amides is 1. The average Bonchev–Trinajstić information content (AvgIpc) is 2.68. The predicted octanol–water partition coefficient (Wildman–Crippen LogP) is 4.25. The Bertz CT molecular complexity index is 989. The van der Waals surface area contributed by atoms with Gasteiger partial charge in [0.2, 0.25) is 5.95 Å². The maximum atomic E-state index is 12.9. The first-order valence-electron chi connectivity index (χ1n) is 9.23. The van der Waals surface area contributed by atoms with Crippen molar-refractivity contribution in [3.05, 3.63) is 78.1 Å². The zero-order valence-corrected chi connectivity index (χ0v) is 15.8. The second-order valence-corrected chi connectivity index (χ2v) is 7.41. The number of fused-ring (bicyclic) bond motifs is 1. The van der Waals surface area contributed by atoms with E-state index in [1.165, 1.54) is 0 Å². The summed E-state index contributed by atoms with van der Waals surface area (Å²) in [5.41, 5.74) is 1.98. The molecule has 0 spiro atoms. The van der Waals surface area contributed by atoms with Crippen LogP contribution in [0.5, 0.6) is 5.75 Å². The van der Waals surface area contributed by atoms with Crippen molar-refractivity contribution in [1.82, 2.24) is 15.3 Å². The van der Waals surface area contributed by atoms with Crippen molar-refractivity contribution in [2.45, 2.75) is 31.9 Å². The first-order valence-corrected chi connectivity index (χ1v) is 9.23. The molecule has 3 aromatic rings. The number of hydrogen-bond acceptors (Lipinski definition) is 5. The molecule has 1 atom stereocenters. The number of nitrogens with zero attached hydrogens (tertiary/aromatic N) is 2. The first-order chi connectivity index (χ1) is 13.5. The molecule has 2 N–H and O–H groups in total. The van der Waals surface area contributed by atoms with Crippen LogP contribution in [0.1, 0.15) is 42.2 Å². The molecule has 6 nitrogen and oxygen atoms in total. The number of para-hydroxylation sites is 1. The molecule has 2 aromatic carbocycles. The highest BCUT2D eigenvalue weighted by Crippen LogP contribution is 2.39. The minimum Gasteiger partial charge on any atom is -0.487 e. The molecule has 1 aliphatic heterocycles. The van der Waals surface area contributed by atoms with Crippen molar-refractivity contribution in [2.24, 2.45) is 0 Å². The largest absolute Gasteiger partial charge is 0.487 e. The van der Waals surface area contributed by atoms with Crippen LogP contribution in [0.4, 0.5) is 11.6 Å². The van der Waals surface area contributed by atoms with Gasteiger partial charge in [0.05, 0.1) is 6.04 Å². The smallest absolute Gasteiger partial charge is 0.251 e. The van der Waals surface area contributed by atoms with E-state index in [4.69, 9.17) is 4.74 Å². The molecule has 1 aliphatic rings. The number of aromatic nitrogens is 2. The number of ether oxygens (including phenoxy) is 1. The standard InChI is InChI=1S/C22H22N4O2/c1-22(2)14-18(17-9-3-4-10-19(17)28-22)26-20(27)15-7-5-8-16(13-15)25-21-23-11-6-12-24-21/h3-13,18H,14H2,1-2H3,(H,26,27)(H,23,24,25)/t18-/m0/s1. The normalized spacial score (nSPS) is 17.1. The Morgan fingerprint density at radius 1 is 1.07 bits per heavy atom. The fraction of sp³-hybridized carbons (Fsp3) is 0.227. The van der Waals surface area contributed by atoms with Gasteiger partial charge < -0.3 is 15.4 Å². The minimum absolute atomic E-state index is 0.110. The number of rotatable bonds is 4. The van der Waals surface area contributed by atoms with Crippen molar-refractivity contribution in [2.75, 3.05) is 5.32 Å². The van der Waals surface area contributed by atoms with Gasteiger partial charge in [-0.3, -0.25) is 4.79 Å². The maximum Gasteiger partial charge on any atom is 0.251 e. The predicted molar refractivity (Wildman–Crippen MR) is 108 cm³/mol. The summed E-state index contributed by atoms with van der Waals surface area (Å²) in [4.78, 5) is 21.2. The van der Waals surface area contributed by atoms with Gasteiger partial charge >= 0.3 is 0 Å². The Morgan fingerprint density at radius 3 is 2.68 bits per heavy atom. The lowest BCUT2D eigenvalue weighted by molar-refractivity contribution is 0.0619. The van der Waals surface area contributed by atoms with E-state index >= 15 is 0 Å². The number of carbonyl (C=O) groups excluding carboxylic acids is 1. The summed E-state index contributed by atoms with van der Waals surface area (Å²) in [6, 6.07) is 16.8. The molecule has 0 bridgehead atoms. The lowest BCUT2D eigenvalue weighted by Gasteiger charge is -2.37. The lowest BCUT2D eigenvalue weighted by atomic mass is 9.89. The molecule has 4 rings (SSSR count). The minimum atomic E-state index is -0.347. The van der Waals surface area contributed by atoms with Gasteiger partial charge in [-0.2, -0.15) is 0 Å². The summed E-state index contributed by atoms with van der Waals surface area (Å²) >= 11 is 0. The molecule has 0 saturated carbocycles. The number of hydrogen-bond donors (Lipinski definition) is 2. The molecule has 0 saturated heterocycles. The third kappa shape index (κ3) is 3.96. The van der Waals surface area contributed by atoms with Crippen LogP contribution in [-0.4, -0.2) is 21.5 Å². The molecule has 6 heteroatoms. The van der Waals surface area contributed by atoms with Crippen LogP contribution in [0, 0.1) is 0 Å². The maximum absolute atomic E-state index is 12.9. The summed E-state index contributed by atoms with van der Waals surface area (Å²) in [6.45, 7) is 4.07. The van der Waals surface area contributed by atoms with Crippen LogP contribution < -0.4 is 15.4 Å². The highest BCUT2D eigenvalue weighted by atomic mass is 16.5. The second-order valence-electron chi connectivity index (χ2n) is 7.41. The van der Waals surface area contributed by atoms with Crippen LogP contribution in [0.15, 0.2) is 67.0 Å². The van der Waals surface area contributed by atoms with Crippen molar-refractivity contribution in [3.63, 3.8) is 0 Å². The Hall–Kier alpha value is -3.41. The molecule has 0 radical (unpaired) electrons. The fourth-order valence-corrected chi connectivity index (χ4v) is 3.40. The van der Waals surface area contributed by atoms with Gasteiger partial charge in [0.1, 0.15) is 11.4 Å². The van der Waals surface area contributed by atoms with Gasteiger partial charge in [0, 0.05) is 35.6 Å². The van der Waals surface area contributed by atoms with E-state index < -0.39 is 0 Å². The van der Waals surface area contributed by atoms with Crippen LogP contribution in [0.2, 0.25) is 0 Å². The van der Waals surface area contributed by atoms with E-state index in [1.54, 1.807) is 30.6 Å². The zero-order chi connectivity index (χ0) is 19.6. The van der Waals surface area contributed by atoms with E-state index in [0.717, 1.165) is 17.0 Å². The molecule has 1 aromatic heterocycles. The monoisotopic (exact) mass is 374 g/mol. The van der Waals surface area contributed by atoms with Crippen LogP contribution in [-0.2, 0) is 0 Å². The van der Waals surface area contributed by atoms with E-state index in [0.29, 0.717) is 17.9 Å². The van der Waals surface area contributed by atoms with Gasteiger partial charge in [-0.05, 0) is 44.2 Å². The first kappa shape index (κ1) is 18.0. The molecule has 28 heavy (non-hydrogen) atoms. The van der Waals surface area contributed by atoms with Gasteiger partial charge in [-0.25, -0.2) is 9.97 Å². The lowest BCUT2D eigenvalue weighted by Crippen LogP contribution is -2.41. The molecular formula is C22H22N4O2. The Labute approximate surface area is 164 Å². The molecule has 0 unspecified atom stereocenters. The van der Waals surface area contributed by atoms with Gasteiger partial charge in [0.25, 0.3) is 5.91 Å². The number of anilines is 2. The summed E-state index contributed by atoms with van der Waals surface area (Å²) < 4.78 is 6.05. The number of carbonyl (C=O) groups is 1. The second kappa shape index (κ2) is 7.31. The molecule has 0 aliphatic carbocycles. The van der Waals surface area contributed by atoms with Gasteiger partial charge in [-0.1, -0.05) is 24.3 Å². The number of benzene rings is 2. The van der Waals surface area contributed by atoms with Crippen LogP contribution in [0.3, 0.4) is 0 Å². The SMILES string of the molecule is CC1(C)C[C@H](NC(=O)c2cccc(Nc3ncccn3)c2)c2ccccc2O1. The topological polar surface area (TPSA) is 76.1 Å². The summed E-state index contributed by atoms with van der Waals surface area (Å²) in [5.74, 6) is 1.18. The summed E-state index contributed by atoms with van der Waals surface area (Å²) in [6.07, 6.45) is 4.03. The Morgan fingerprint density at radius 2 is 1.86 bits per heavy atom. The van der Waals surface area contributed by atoms with Crippen molar-refractivity contribution in [1.29, 1.82) is 0 Å². The van der Waals surface area contributed by atoms with E-state index in [-0.39, 0.29) is 17.6 Å². The highest BCUT2D eigenvalue weighted by Gasteiger charge is 2.34. The quantitative estimate of drug-likeness (QED) is 0.714. The average molecular weight is 374 g/mol. The van der Waals surface area contributed by atoms with Crippen LogP contribution >= 0.6 is 0 Å². The molecule has 0 fully saturated rings. The Kier molecular flexibility index (Phi) is 4.69. The third-order valence-electron chi connectivity index (χ3n) is 4.63. The van der Waals surface area contributed by atoms with E-state index in [9.17, 15) is 4.79 Å². The van der Waals surface area contributed by atoms with E-state index in [2.05, 4.69) is 20.6 Å². The van der Waals surface area contributed by atoms with Gasteiger partial charge in [0.15, 0.2) is 0 Å². The fourth-order valence-electron chi connectivity index (χ4n) is 3.40. The Balaban J connectivity index is 1.53.